The van der Waals surface area contributed by atoms with Crippen LogP contribution in [0.2, 0.25) is 0 Å². The molecule has 2 rings (SSSR count). The molecule has 0 saturated carbocycles. The van der Waals surface area contributed by atoms with Gasteiger partial charge in [-0.3, -0.25) is 0 Å². The molecule has 1 saturated heterocycles. The van der Waals surface area contributed by atoms with Crippen LogP contribution >= 0.6 is 0 Å². The molecule has 4 heteroatoms. The molecule has 0 radical (unpaired) electrons. The van der Waals surface area contributed by atoms with Gasteiger partial charge in [0.1, 0.15) is 23.3 Å². The molecular formula is C17H26FNO2. The van der Waals surface area contributed by atoms with Gasteiger partial charge in [0.2, 0.25) is 0 Å². The van der Waals surface area contributed by atoms with Gasteiger partial charge in [-0.25, -0.2) is 4.39 Å². The lowest BCUT2D eigenvalue weighted by Gasteiger charge is -2.27. The predicted molar refractivity (Wildman–Crippen MR) is 82.1 cm³/mol. The van der Waals surface area contributed by atoms with Crippen LogP contribution in [0.25, 0.3) is 0 Å². The summed E-state index contributed by atoms with van der Waals surface area (Å²) in [6.07, 6.45) is 0.709. The number of hydrogen-bond acceptors (Lipinski definition) is 3. The number of nitrogens with one attached hydrogen (secondary N) is 1. The van der Waals surface area contributed by atoms with Crippen LogP contribution in [0.4, 0.5) is 4.39 Å². The number of rotatable bonds is 5. The average Bonchev–Trinajstić information content (AvgIpc) is 2.53. The first kappa shape index (κ1) is 16.2. The summed E-state index contributed by atoms with van der Waals surface area (Å²) in [6.45, 7) is 11.7. The van der Waals surface area contributed by atoms with Crippen LogP contribution in [-0.4, -0.2) is 23.9 Å². The highest BCUT2D eigenvalue weighted by atomic mass is 19.1. The van der Waals surface area contributed by atoms with E-state index >= 15 is 0 Å². The molecule has 1 atom stereocenters. The van der Waals surface area contributed by atoms with Crippen LogP contribution < -0.4 is 10.1 Å². The summed E-state index contributed by atoms with van der Waals surface area (Å²) in [6, 6.07) is 4.87. The fourth-order valence-corrected chi connectivity index (χ4v) is 2.92. The molecule has 3 nitrogen and oxygen atoms in total. The van der Waals surface area contributed by atoms with Crippen LogP contribution in [0.15, 0.2) is 18.2 Å². The number of halogens is 1. The molecule has 118 valence electrons. The molecule has 0 aliphatic carbocycles. The van der Waals surface area contributed by atoms with Crippen LogP contribution in [0.3, 0.4) is 0 Å². The summed E-state index contributed by atoms with van der Waals surface area (Å²) in [7, 11) is 0. The third-order valence-electron chi connectivity index (χ3n) is 3.78. The van der Waals surface area contributed by atoms with E-state index < -0.39 is 0 Å². The highest BCUT2D eigenvalue weighted by Crippen LogP contribution is 2.39. The number of ether oxygens (including phenoxy) is 2. The number of hydrogen-bond donors (Lipinski definition) is 1. The molecule has 0 bridgehead atoms. The van der Waals surface area contributed by atoms with Crippen LogP contribution in [0, 0.1) is 5.82 Å². The summed E-state index contributed by atoms with van der Waals surface area (Å²) in [4.78, 5) is 0. The highest BCUT2D eigenvalue weighted by Gasteiger charge is 2.47. The maximum Gasteiger partial charge on any atom is 0.130 e. The van der Waals surface area contributed by atoms with E-state index in [0.717, 1.165) is 18.5 Å². The zero-order chi connectivity index (χ0) is 15.7. The van der Waals surface area contributed by atoms with Crippen molar-refractivity contribution in [2.24, 2.45) is 0 Å². The molecule has 1 aromatic carbocycles. The second-order valence-electron chi connectivity index (χ2n) is 6.85. The maximum absolute atomic E-state index is 13.7. The summed E-state index contributed by atoms with van der Waals surface area (Å²) in [5, 5.41) is 3.20. The summed E-state index contributed by atoms with van der Waals surface area (Å²) >= 11 is 0. The van der Waals surface area contributed by atoms with E-state index in [1.54, 1.807) is 0 Å². The van der Waals surface area contributed by atoms with Gasteiger partial charge in [-0.2, -0.15) is 0 Å². The van der Waals surface area contributed by atoms with Crippen molar-refractivity contribution in [3.05, 3.63) is 29.6 Å². The van der Waals surface area contributed by atoms with Crippen LogP contribution in [-0.2, 0) is 11.3 Å². The van der Waals surface area contributed by atoms with E-state index in [4.69, 9.17) is 9.47 Å². The third-order valence-corrected chi connectivity index (χ3v) is 3.78. The van der Waals surface area contributed by atoms with E-state index in [1.165, 1.54) is 12.1 Å². The molecule has 21 heavy (non-hydrogen) atoms. The van der Waals surface area contributed by atoms with Gasteiger partial charge in [0, 0.05) is 19.0 Å². The van der Waals surface area contributed by atoms with Crippen molar-refractivity contribution in [1.29, 1.82) is 0 Å². The van der Waals surface area contributed by atoms with Crippen LogP contribution in [0.5, 0.6) is 5.75 Å². The second-order valence-corrected chi connectivity index (χ2v) is 6.85. The van der Waals surface area contributed by atoms with E-state index in [9.17, 15) is 4.39 Å². The summed E-state index contributed by atoms with van der Waals surface area (Å²) < 4.78 is 25.8. The van der Waals surface area contributed by atoms with Crippen molar-refractivity contribution < 1.29 is 13.9 Å². The minimum Gasteiger partial charge on any atom is -0.487 e. The molecule has 0 amide bonds. The monoisotopic (exact) mass is 295 g/mol. The Labute approximate surface area is 126 Å². The molecule has 1 aromatic rings. The Bertz CT molecular complexity index is 500. The lowest BCUT2D eigenvalue weighted by molar-refractivity contribution is -0.0846. The van der Waals surface area contributed by atoms with Crippen molar-refractivity contribution in [3.8, 4) is 5.75 Å². The van der Waals surface area contributed by atoms with E-state index in [0.29, 0.717) is 12.3 Å². The quantitative estimate of drug-likeness (QED) is 0.899. The fourth-order valence-electron chi connectivity index (χ4n) is 2.92. The van der Waals surface area contributed by atoms with Crippen molar-refractivity contribution >= 4 is 0 Å². The van der Waals surface area contributed by atoms with Gasteiger partial charge < -0.3 is 14.8 Å². The topological polar surface area (TPSA) is 30.5 Å². The third kappa shape index (κ3) is 4.17. The molecule has 1 fully saturated rings. The molecule has 0 aromatic heterocycles. The van der Waals surface area contributed by atoms with Gasteiger partial charge in [0.25, 0.3) is 0 Å². The van der Waals surface area contributed by atoms with Gasteiger partial charge in [-0.15, -0.1) is 0 Å². The van der Waals surface area contributed by atoms with E-state index in [1.807, 2.05) is 26.8 Å². The highest BCUT2D eigenvalue weighted by molar-refractivity contribution is 5.30. The van der Waals surface area contributed by atoms with E-state index in [2.05, 4.69) is 19.2 Å². The first-order valence-corrected chi connectivity index (χ1v) is 7.59. The number of benzene rings is 1. The van der Waals surface area contributed by atoms with Crippen molar-refractivity contribution in [1.82, 2.24) is 5.32 Å². The summed E-state index contributed by atoms with van der Waals surface area (Å²) in [5.74, 6) is 0.304. The van der Waals surface area contributed by atoms with Gasteiger partial charge in [-0.05, 0) is 51.9 Å². The predicted octanol–water partition coefficient (Wildman–Crippen LogP) is 3.66. The largest absolute Gasteiger partial charge is 0.487 e. The first-order valence-electron chi connectivity index (χ1n) is 7.59. The standard InChI is InChI=1S/C17H26FNO2/c1-6-19-11-12-7-13(18)9-14(8-12)20-15-10-16(2,3)21-17(15,4)5/h7-9,15,19H,6,10-11H2,1-5H3. The van der Waals surface area contributed by atoms with Gasteiger partial charge >= 0.3 is 0 Å². The summed E-state index contributed by atoms with van der Waals surface area (Å²) in [5.41, 5.74) is 0.300. The Morgan fingerprint density at radius 2 is 2.00 bits per heavy atom. The fraction of sp³-hybridized carbons (Fsp3) is 0.647. The normalized spacial score (nSPS) is 23.2. The Kier molecular flexibility index (Phi) is 4.59. The molecule has 1 heterocycles. The molecule has 0 spiro atoms. The zero-order valence-corrected chi connectivity index (χ0v) is 13.6. The van der Waals surface area contributed by atoms with Gasteiger partial charge in [0.05, 0.1) is 5.60 Å². The molecular weight excluding hydrogens is 269 g/mol. The minimum absolute atomic E-state index is 0.0821. The average molecular weight is 295 g/mol. The SMILES string of the molecule is CCNCc1cc(F)cc(OC2CC(C)(C)OC2(C)C)c1. The lowest BCUT2D eigenvalue weighted by Crippen LogP contribution is -2.36. The van der Waals surface area contributed by atoms with Crippen molar-refractivity contribution in [2.45, 2.75) is 64.9 Å². The van der Waals surface area contributed by atoms with E-state index in [-0.39, 0.29) is 23.1 Å². The molecule has 1 unspecified atom stereocenters. The Hall–Kier alpha value is -1.13. The van der Waals surface area contributed by atoms with Gasteiger partial charge in [0.15, 0.2) is 0 Å². The Morgan fingerprint density at radius 3 is 2.57 bits per heavy atom. The molecule has 1 aliphatic rings. The van der Waals surface area contributed by atoms with Crippen molar-refractivity contribution in [3.63, 3.8) is 0 Å². The Balaban J connectivity index is 2.14. The van der Waals surface area contributed by atoms with Gasteiger partial charge in [-0.1, -0.05) is 6.92 Å². The smallest absolute Gasteiger partial charge is 0.130 e. The minimum atomic E-state index is -0.377. The second kappa shape index (κ2) is 5.93. The first-order chi connectivity index (χ1) is 9.72. The van der Waals surface area contributed by atoms with Crippen molar-refractivity contribution in [2.75, 3.05) is 6.54 Å². The lowest BCUT2D eigenvalue weighted by atomic mass is 9.97. The Morgan fingerprint density at radius 1 is 1.29 bits per heavy atom. The van der Waals surface area contributed by atoms with Crippen LogP contribution in [0.1, 0.15) is 46.6 Å². The molecule has 1 N–H and O–H groups in total. The molecule has 1 aliphatic heterocycles. The maximum atomic E-state index is 13.7. The zero-order valence-electron chi connectivity index (χ0n) is 13.6.